The topological polar surface area (TPSA) is 284 Å². The monoisotopic (exact) mass is 730 g/mol. The zero-order valence-electron chi connectivity index (χ0n) is 30.1. The van der Waals surface area contributed by atoms with E-state index in [4.69, 9.17) is 5.73 Å². The van der Waals surface area contributed by atoms with Crippen molar-refractivity contribution in [1.82, 2.24) is 37.2 Å². The zero-order chi connectivity index (χ0) is 39.5. The molecule has 18 heteroatoms. The molecule has 0 aliphatic carbocycles. The number of rotatable bonds is 21. The van der Waals surface area contributed by atoms with Crippen molar-refractivity contribution in [3.8, 4) is 0 Å². The highest BCUT2D eigenvalue weighted by Gasteiger charge is 2.31. The molecular formula is C34H50N8O10. The molecule has 0 aliphatic rings. The maximum atomic E-state index is 13.1. The largest absolute Gasteiger partial charge is 0.480 e. The van der Waals surface area contributed by atoms with Crippen molar-refractivity contribution < 1.29 is 48.3 Å². The average Bonchev–Trinajstić information content (AvgIpc) is 3.09. The van der Waals surface area contributed by atoms with E-state index in [1.807, 2.05) is 0 Å². The Bertz CT molecular complexity index is 1480. The molecule has 0 radical (unpaired) electrons. The molecule has 0 aliphatic heterocycles. The van der Waals surface area contributed by atoms with Gasteiger partial charge in [-0.05, 0) is 31.2 Å². The second-order valence-corrected chi connectivity index (χ2v) is 12.4. The molecule has 8 amide bonds. The molecular weight excluding hydrogens is 680 g/mol. The molecule has 0 spiro atoms. The molecule has 0 bridgehead atoms. The van der Waals surface area contributed by atoms with Crippen LogP contribution in [0.25, 0.3) is 0 Å². The Labute approximate surface area is 301 Å². The zero-order valence-corrected chi connectivity index (χ0v) is 30.1. The second kappa shape index (κ2) is 22.1. The Balaban J connectivity index is 2.58. The normalized spacial score (nSPS) is 14.4. The third-order valence-electron chi connectivity index (χ3n) is 7.74. The van der Waals surface area contributed by atoms with E-state index < -0.39 is 96.5 Å². The number of hydrogen-bond acceptors (Lipinski definition) is 9. The summed E-state index contributed by atoms with van der Waals surface area (Å²) in [6.45, 7) is 8.53. The number of nitrogens with one attached hydrogen (secondary N) is 7. The number of carbonyl (C=O) groups excluding carboxylic acids is 8. The maximum absolute atomic E-state index is 13.1. The van der Waals surface area contributed by atoms with Crippen LogP contribution in [-0.4, -0.2) is 102 Å². The van der Waals surface area contributed by atoms with E-state index in [0.717, 1.165) is 12.2 Å². The van der Waals surface area contributed by atoms with Gasteiger partial charge < -0.3 is 48.1 Å². The van der Waals surface area contributed by atoms with Crippen LogP contribution in [0.2, 0.25) is 0 Å². The maximum Gasteiger partial charge on any atom is 0.326 e. The summed E-state index contributed by atoms with van der Waals surface area (Å²) in [6.07, 6.45) is 2.14. The molecule has 1 aromatic carbocycles. The summed E-state index contributed by atoms with van der Waals surface area (Å²) in [7, 11) is 0. The van der Waals surface area contributed by atoms with Gasteiger partial charge in [0.25, 0.3) is 0 Å². The van der Waals surface area contributed by atoms with E-state index in [0.29, 0.717) is 12.0 Å². The van der Waals surface area contributed by atoms with Crippen molar-refractivity contribution in [1.29, 1.82) is 0 Å². The van der Waals surface area contributed by atoms with E-state index in [9.17, 15) is 48.3 Å². The lowest BCUT2D eigenvalue weighted by Crippen LogP contribution is -2.59. The Hall–Kier alpha value is -5.81. The quantitative estimate of drug-likeness (QED) is 0.0613. The summed E-state index contributed by atoms with van der Waals surface area (Å²) in [6, 6.07) is 3.16. The number of carbonyl (C=O) groups is 9. The van der Waals surface area contributed by atoms with Crippen LogP contribution in [0.3, 0.4) is 0 Å². The predicted octanol–water partition coefficient (Wildman–Crippen LogP) is -2.25. The molecule has 0 saturated carbocycles. The highest BCUT2D eigenvalue weighted by Crippen LogP contribution is 2.09. The van der Waals surface area contributed by atoms with Crippen molar-refractivity contribution in [2.24, 2.45) is 17.6 Å². The minimum absolute atomic E-state index is 0.0342. The smallest absolute Gasteiger partial charge is 0.326 e. The van der Waals surface area contributed by atoms with Crippen molar-refractivity contribution in [3.05, 3.63) is 48.0 Å². The lowest BCUT2D eigenvalue weighted by atomic mass is 9.97. The first-order valence-electron chi connectivity index (χ1n) is 16.7. The van der Waals surface area contributed by atoms with Crippen LogP contribution in [0.1, 0.15) is 53.5 Å². The molecule has 0 unspecified atom stereocenters. The first-order valence-corrected chi connectivity index (χ1v) is 16.7. The molecule has 1 aromatic rings. The highest BCUT2D eigenvalue weighted by atomic mass is 16.4. The predicted molar refractivity (Wildman–Crippen MR) is 187 cm³/mol. The SMILES string of the molecule is CC[C@H](C)[C@H](NC(=O)[C@H](C)NC(=O)/C=C/C(=O)NCC(=O)NCC(=O)N[C@@H](Cc1ccccc1)C(=O)O)C(=O)N[C@@H](C)C(=O)N[C@H](C(N)=O)C(C)C. The van der Waals surface area contributed by atoms with Crippen LogP contribution < -0.4 is 43.0 Å². The first-order chi connectivity index (χ1) is 24.4. The Kier molecular flexibility index (Phi) is 18.8. The van der Waals surface area contributed by atoms with Crippen molar-refractivity contribution >= 4 is 53.2 Å². The summed E-state index contributed by atoms with van der Waals surface area (Å²) in [5, 5.41) is 26.1. The number of benzene rings is 1. The lowest BCUT2D eigenvalue weighted by molar-refractivity contribution is -0.141. The fourth-order valence-electron chi connectivity index (χ4n) is 4.43. The van der Waals surface area contributed by atoms with E-state index in [1.165, 1.54) is 13.8 Å². The van der Waals surface area contributed by atoms with Crippen LogP contribution in [0.4, 0.5) is 0 Å². The molecule has 0 fully saturated rings. The molecule has 0 heterocycles. The first kappa shape index (κ1) is 44.2. The molecule has 18 nitrogen and oxygen atoms in total. The molecule has 286 valence electrons. The summed E-state index contributed by atoms with van der Waals surface area (Å²) in [5.41, 5.74) is 6.03. The van der Waals surface area contributed by atoms with Gasteiger partial charge in [0.05, 0.1) is 13.1 Å². The molecule has 0 saturated heterocycles. The Morgan fingerprint density at radius 2 is 1.21 bits per heavy atom. The molecule has 1 rings (SSSR count). The van der Waals surface area contributed by atoms with Crippen molar-refractivity contribution in [3.63, 3.8) is 0 Å². The fourth-order valence-corrected chi connectivity index (χ4v) is 4.43. The van der Waals surface area contributed by atoms with Gasteiger partial charge in [0.1, 0.15) is 30.2 Å². The van der Waals surface area contributed by atoms with Gasteiger partial charge in [-0.1, -0.05) is 64.4 Å². The lowest BCUT2D eigenvalue weighted by Gasteiger charge is -2.27. The van der Waals surface area contributed by atoms with Crippen molar-refractivity contribution in [2.75, 3.05) is 13.1 Å². The van der Waals surface area contributed by atoms with Gasteiger partial charge in [0.15, 0.2) is 0 Å². The van der Waals surface area contributed by atoms with E-state index in [1.54, 1.807) is 58.0 Å². The van der Waals surface area contributed by atoms with Gasteiger partial charge in [-0.15, -0.1) is 0 Å². The Morgan fingerprint density at radius 3 is 1.75 bits per heavy atom. The average molecular weight is 731 g/mol. The number of carboxylic acids is 1. The minimum atomic E-state index is -1.25. The number of nitrogens with two attached hydrogens (primary N) is 1. The minimum Gasteiger partial charge on any atom is -0.480 e. The highest BCUT2D eigenvalue weighted by molar-refractivity contribution is 6.00. The fraction of sp³-hybridized carbons (Fsp3) is 0.500. The van der Waals surface area contributed by atoms with Crippen molar-refractivity contribution in [2.45, 2.75) is 84.6 Å². The van der Waals surface area contributed by atoms with E-state index in [2.05, 4.69) is 37.2 Å². The van der Waals surface area contributed by atoms with E-state index in [-0.39, 0.29) is 18.3 Å². The van der Waals surface area contributed by atoms with Crippen LogP contribution in [0.15, 0.2) is 42.5 Å². The molecule has 10 N–H and O–H groups in total. The number of amides is 8. The van der Waals surface area contributed by atoms with Gasteiger partial charge in [-0.25, -0.2) is 4.79 Å². The van der Waals surface area contributed by atoms with Crippen LogP contribution in [-0.2, 0) is 49.6 Å². The van der Waals surface area contributed by atoms with Gasteiger partial charge in [0, 0.05) is 18.6 Å². The number of carboxylic acid groups (broad SMARTS) is 1. The second-order valence-electron chi connectivity index (χ2n) is 12.4. The molecule has 0 aromatic heterocycles. The van der Waals surface area contributed by atoms with Crippen LogP contribution in [0.5, 0.6) is 0 Å². The third-order valence-corrected chi connectivity index (χ3v) is 7.74. The van der Waals surface area contributed by atoms with Gasteiger partial charge in [-0.2, -0.15) is 0 Å². The van der Waals surface area contributed by atoms with Gasteiger partial charge in [-0.3, -0.25) is 38.4 Å². The van der Waals surface area contributed by atoms with Crippen LogP contribution in [0, 0.1) is 11.8 Å². The van der Waals surface area contributed by atoms with Crippen LogP contribution >= 0.6 is 0 Å². The third kappa shape index (κ3) is 16.3. The number of hydrogen-bond donors (Lipinski definition) is 9. The Morgan fingerprint density at radius 1 is 0.673 bits per heavy atom. The van der Waals surface area contributed by atoms with Gasteiger partial charge >= 0.3 is 5.97 Å². The number of primary amides is 1. The summed E-state index contributed by atoms with van der Waals surface area (Å²) in [5.74, 6) is -7.90. The van der Waals surface area contributed by atoms with E-state index >= 15 is 0 Å². The molecule has 52 heavy (non-hydrogen) atoms. The summed E-state index contributed by atoms with van der Waals surface area (Å²) in [4.78, 5) is 110. The number of aliphatic carboxylic acids is 1. The van der Waals surface area contributed by atoms with Gasteiger partial charge in [0.2, 0.25) is 47.3 Å². The summed E-state index contributed by atoms with van der Waals surface area (Å²) >= 11 is 0. The molecule has 6 atom stereocenters. The standard InChI is InChI=1S/C34H50N8O10/c1-7-19(4)29(33(50)39-21(6)32(49)41-28(18(2)3)30(35)47)42-31(48)20(5)38-25(44)14-13-24(43)36-16-26(45)37-17-27(46)40-23(34(51)52)15-22-11-9-8-10-12-22/h8-14,18-21,23,28-29H,7,15-17H2,1-6H3,(H2,35,47)(H,36,43)(H,37,45)(H,38,44)(H,39,50)(H,40,46)(H,41,49)(H,42,48)(H,51,52)/b14-13+/t19-,20-,21-,23-,28-,29-/m0/s1. The summed E-state index contributed by atoms with van der Waals surface area (Å²) < 4.78 is 0.